The molecule has 3 atom stereocenters. The molecule has 1 unspecified atom stereocenters. The number of thiophene rings is 1. The Morgan fingerprint density at radius 2 is 2.44 bits per heavy atom. The molecule has 1 aliphatic carbocycles. The van der Waals surface area contributed by atoms with Gasteiger partial charge < -0.3 is 10.4 Å². The van der Waals surface area contributed by atoms with E-state index in [1.54, 1.807) is 11.3 Å². The highest BCUT2D eigenvalue weighted by Crippen LogP contribution is 2.18. The van der Waals surface area contributed by atoms with Crippen molar-refractivity contribution in [1.82, 2.24) is 5.32 Å². The van der Waals surface area contributed by atoms with E-state index in [9.17, 15) is 0 Å². The van der Waals surface area contributed by atoms with Crippen LogP contribution >= 0.6 is 11.3 Å². The lowest BCUT2D eigenvalue weighted by Gasteiger charge is -2.18. The largest absolute Gasteiger partial charge is 0.396 e. The van der Waals surface area contributed by atoms with Crippen molar-refractivity contribution in [2.45, 2.75) is 31.8 Å². The lowest BCUT2D eigenvalue weighted by Crippen LogP contribution is -2.36. The summed E-state index contributed by atoms with van der Waals surface area (Å²) in [5.74, 6) is 0.353. The van der Waals surface area contributed by atoms with E-state index in [1.807, 2.05) is 0 Å². The monoisotopic (exact) mass is 237 g/mol. The van der Waals surface area contributed by atoms with Crippen molar-refractivity contribution in [2.24, 2.45) is 5.92 Å². The van der Waals surface area contributed by atoms with Gasteiger partial charge in [-0.05, 0) is 42.2 Å². The fraction of sp³-hybridized carbons (Fsp3) is 0.538. The molecule has 0 bridgehead atoms. The minimum atomic E-state index is 0.271. The zero-order chi connectivity index (χ0) is 11.4. The SMILES string of the molecule is CC(Cc1ccsc1)N[C@@H]1C=C[C@H](CO)C1. The van der Waals surface area contributed by atoms with Gasteiger partial charge in [0.2, 0.25) is 0 Å². The molecule has 0 radical (unpaired) electrons. The highest BCUT2D eigenvalue weighted by atomic mass is 32.1. The Morgan fingerprint density at radius 3 is 3.06 bits per heavy atom. The Balaban J connectivity index is 1.76. The van der Waals surface area contributed by atoms with E-state index in [2.05, 4.69) is 41.2 Å². The van der Waals surface area contributed by atoms with Crippen molar-refractivity contribution in [3.63, 3.8) is 0 Å². The van der Waals surface area contributed by atoms with E-state index < -0.39 is 0 Å². The summed E-state index contributed by atoms with van der Waals surface area (Å²) in [7, 11) is 0. The number of aliphatic hydroxyl groups excluding tert-OH is 1. The summed E-state index contributed by atoms with van der Waals surface area (Å²) in [6.07, 6.45) is 6.42. The average molecular weight is 237 g/mol. The molecular formula is C13H19NOS. The van der Waals surface area contributed by atoms with Gasteiger partial charge in [-0.25, -0.2) is 0 Å². The molecule has 1 aliphatic rings. The van der Waals surface area contributed by atoms with E-state index in [0.717, 1.165) is 12.8 Å². The van der Waals surface area contributed by atoms with Crippen LogP contribution in [0.5, 0.6) is 0 Å². The van der Waals surface area contributed by atoms with Gasteiger partial charge in [-0.3, -0.25) is 0 Å². The van der Waals surface area contributed by atoms with Crippen molar-refractivity contribution in [1.29, 1.82) is 0 Å². The molecular weight excluding hydrogens is 218 g/mol. The van der Waals surface area contributed by atoms with E-state index in [-0.39, 0.29) is 6.61 Å². The van der Waals surface area contributed by atoms with Crippen molar-refractivity contribution in [2.75, 3.05) is 6.61 Å². The summed E-state index contributed by atoms with van der Waals surface area (Å²) >= 11 is 1.75. The van der Waals surface area contributed by atoms with Gasteiger partial charge in [0.05, 0.1) is 0 Å². The van der Waals surface area contributed by atoms with Crippen LogP contribution in [0.25, 0.3) is 0 Å². The normalized spacial score (nSPS) is 26.1. The van der Waals surface area contributed by atoms with Crippen molar-refractivity contribution < 1.29 is 5.11 Å². The molecule has 2 nitrogen and oxygen atoms in total. The zero-order valence-corrected chi connectivity index (χ0v) is 10.4. The maximum absolute atomic E-state index is 9.05. The zero-order valence-electron chi connectivity index (χ0n) is 9.60. The quantitative estimate of drug-likeness (QED) is 0.770. The number of hydrogen-bond donors (Lipinski definition) is 2. The van der Waals surface area contributed by atoms with Gasteiger partial charge in [0.15, 0.2) is 0 Å². The molecule has 0 saturated carbocycles. The molecule has 0 aliphatic heterocycles. The van der Waals surface area contributed by atoms with Crippen LogP contribution in [0.2, 0.25) is 0 Å². The number of aliphatic hydroxyl groups is 1. The van der Waals surface area contributed by atoms with Crippen LogP contribution in [0, 0.1) is 5.92 Å². The fourth-order valence-electron chi connectivity index (χ4n) is 2.22. The third kappa shape index (κ3) is 3.17. The van der Waals surface area contributed by atoms with Gasteiger partial charge in [0.1, 0.15) is 0 Å². The van der Waals surface area contributed by atoms with Crippen LogP contribution in [-0.2, 0) is 6.42 Å². The third-order valence-corrected chi connectivity index (χ3v) is 3.76. The van der Waals surface area contributed by atoms with Crippen LogP contribution < -0.4 is 5.32 Å². The fourth-order valence-corrected chi connectivity index (χ4v) is 2.90. The van der Waals surface area contributed by atoms with Crippen LogP contribution in [-0.4, -0.2) is 23.8 Å². The molecule has 1 aromatic rings. The smallest absolute Gasteiger partial charge is 0.0494 e. The molecule has 0 spiro atoms. The van der Waals surface area contributed by atoms with Crippen molar-refractivity contribution >= 4 is 11.3 Å². The first-order chi connectivity index (χ1) is 7.78. The second-order valence-electron chi connectivity index (χ2n) is 4.57. The van der Waals surface area contributed by atoms with Gasteiger partial charge in [0, 0.05) is 24.6 Å². The Hall–Kier alpha value is -0.640. The maximum atomic E-state index is 9.05. The lowest BCUT2D eigenvalue weighted by molar-refractivity contribution is 0.245. The first kappa shape index (κ1) is 11.8. The van der Waals surface area contributed by atoms with E-state index in [4.69, 9.17) is 5.11 Å². The number of hydrogen-bond acceptors (Lipinski definition) is 3. The number of nitrogens with one attached hydrogen (secondary N) is 1. The summed E-state index contributed by atoms with van der Waals surface area (Å²) in [4.78, 5) is 0. The Labute approximate surface area is 101 Å². The second kappa shape index (κ2) is 5.62. The highest BCUT2D eigenvalue weighted by Gasteiger charge is 2.19. The highest BCUT2D eigenvalue weighted by molar-refractivity contribution is 7.07. The van der Waals surface area contributed by atoms with Gasteiger partial charge >= 0.3 is 0 Å². The Bertz CT molecular complexity index is 334. The topological polar surface area (TPSA) is 32.3 Å². The van der Waals surface area contributed by atoms with Gasteiger partial charge in [-0.15, -0.1) is 0 Å². The first-order valence-electron chi connectivity index (χ1n) is 5.84. The van der Waals surface area contributed by atoms with E-state index in [0.29, 0.717) is 18.0 Å². The molecule has 3 heteroatoms. The molecule has 1 heterocycles. The summed E-state index contributed by atoms with van der Waals surface area (Å²) in [5, 5.41) is 17.0. The van der Waals surface area contributed by atoms with Crippen LogP contribution in [0.4, 0.5) is 0 Å². The predicted octanol–water partition coefficient (Wildman–Crippen LogP) is 2.21. The van der Waals surface area contributed by atoms with Crippen LogP contribution in [0.1, 0.15) is 18.9 Å². The molecule has 16 heavy (non-hydrogen) atoms. The van der Waals surface area contributed by atoms with Gasteiger partial charge in [-0.2, -0.15) is 11.3 Å². The summed E-state index contributed by atoms with van der Waals surface area (Å²) in [6, 6.07) is 3.11. The summed E-state index contributed by atoms with van der Waals surface area (Å²) in [5.41, 5.74) is 1.41. The molecule has 2 rings (SSSR count). The van der Waals surface area contributed by atoms with E-state index >= 15 is 0 Å². The Kier molecular flexibility index (Phi) is 4.16. The Morgan fingerprint density at radius 1 is 1.56 bits per heavy atom. The van der Waals surface area contributed by atoms with Crippen molar-refractivity contribution in [3.8, 4) is 0 Å². The van der Waals surface area contributed by atoms with E-state index in [1.165, 1.54) is 5.56 Å². The molecule has 88 valence electrons. The minimum absolute atomic E-state index is 0.271. The van der Waals surface area contributed by atoms with Gasteiger partial charge in [-0.1, -0.05) is 12.2 Å². The van der Waals surface area contributed by atoms with Crippen LogP contribution in [0.15, 0.2) is 29.0 Å². The predicted molar refractivity (Wildman–Crippen MR) is 68.7 cm³/mol. The lowest BCUT2D eigenvalue weighted by atomic mass is 10.1. The molecule has 0 amide bonds. The third-order valence-electron chi connectivity index (χ3n) is 3.03. The van der Waals surface area contributed by atoms with Crippen molar-refractivity contribution in [3.05, 3.63) is 34.5 Å². The van der Waals surface area contributed by atoms with Gasteiger partial charge in [0.25, 0.3) is 0 Å². The molecule has 0 fully saturated rings. The average Bonchev–Trinajstić information content (AvgIpc) is 2.89. The summed E-state index contributed by atoms with van der Waals surface area (Å²) < 4.78 is 0. The molecule has 1 aromatic heterocycles. The number of rotatable bonds is 5. The standard InChI is InChI=1S/C13H19NOS/c1-10(6-12-4-5-16-9-12)14-13-3-2-11(7-13)8-15/h2-5,9-11,13-15H,6-8H2,1H3/t10?,11-,13+/m0/s1. The minimum Gasteiger partial charge on any atom is -0.396 e. The summed E-state index contributed by atoms with van der Waals surface area (Å²) in [6.45, 7) is 2.49. The maximum Gasteiger partial charge on any atom is 0.0494 e. The first-order valence-corrected chi connectivity index (χ1v) is 6.78. The molecule has 0 aromatic carbocycles. The molecule has 0 saturated heterocycles. The van der Waals surface area contributed by atoms with Crippen LogP contribution in [0.3, 0.4) is 0 Å². The second-order valence-corrected chi connectivity index (χ2v) is 5.35. The molecule has 2 N–H and O–H groups in total.